The zero-order valence-electron chi connectivity index (χ0n) is 13.1. The van der Waals surface area contributed by atoms with Gasteiger partial charge in [-0.25, -0.2) is 9.77 Å². The summed E-state index contributed by atoms with van der Waals surface area (Å²) in [5.41, 5.74) is 5.41. The van der Waals surface area contributed by atoms with Crippen LogP contribution >= 0.6 is 28.1 Å². The number of nitrogens with zero attached hydrogens (tertiary/aromatic N) is 2. The van der Waals surface area contributed by atoms with Gasteiger partial charge in [0, 0.05) is 5.56 Å². The number of hydrogen-bond donors (Lipinski definition) is 2. The predicted molar refractivity (Wildman–Crippen MR) is 101 cm³/mol. The molecule has 0 unspecified atom stereocenters. The van der Waals surface area contributed by atoms with Crippen LogP contribution < -0.4 is 10.2 Å². The number of halogens is 1. The van der Waals surface area contributed by atoms with E-state index >= 15 is 0 Å². The van der Waals surface area contributed by atoms with Crippen molar-refractivity contribution >= 4 is 28.1 Å². The van der Waals surface area contributed by atoms with Crippen LogP contribution in [-0.2, 0) is 6.54 Å². The molecule has 24 heavy (non-hydrogen) atoms. The second kappa shape index (κ2) is 7.63. The summed E-state index contributed by atoms with van der Waals surface area (Å²) in [4.78, 5) is 0. The van der Waals surface area contributed by atoms with E-state index in [0.29, 0.717) is 17.9 Å². The van der Waals surface area contributed by atoms with Gasteiger partial charge in [0.05, 0.1) is 17.6 Å². The molecule has 0 amide bonds. The third-order valence-corrected chi connectivity index (χ3v) is 4.34. The molecule has 2 aromatic carbocycles. The van der Waals surface area contributed by atoms with E-state index in [4.69, 9.17) is 17.0 Å². The van der Waals surface area contributed by atoms with Crippen molar-refractivity contribution in [2.75, 3.05) is 12.0 Å². The Morgan fingerprint density at radius 1 is 1.25 bits per heavy atom. The minimum atomic E-state index is 0.527. The summed E-state index contributed by atoms with van der Waals surface area (Å²) < 4.78 is 8.78. The van der Waals surface area contributed by atoms with Crippen molar-refractivity contribution in [2.45, 2.75) is 13.5 Å². The second-order valence-electron chi connectivity index (χ2n) is 5.09. The number of hydrogen-bond acceptors (Lipinski definition) is 4. The van der Waals surface area contributed by atoms with Crippen LogP contribution in [0.25, 0.3) is 11.4 Å². The number of nitrogens with one attached hydrogen (secondary N) is 2. The molecule has 3 rings (SSSR count). The maximum Gasteiger partial charge on any atom is 0.214 e. The van der Waals surface area contributed by atoms with Crippen molar-refractivity contribution in [3.63, 3.8) is 0 Å². The largest absolute Gasteiger partial charge is 0.493 e. The highest BCUT2D eigenvalue weighted by Crippen LogP contribution is 2.26. The van der Waals surface area contributed by atoms with E-state index < -0.39 is 0 Å². The molecule has 0 aliphatic rings. The lowest BCUT2D eigenvalue weighted by Crippen LogP contribution is -2.16. The smallest absolute Gasteiger partial charge is 0.214 e. The SMILES string of the molecule is CCOc1ccc(CNn2c(-c3ccccc3)n[nH]c2=S)cc1Br. The lowest BCUT2D eigenvalue weighted by Gasteiger charge is -2.12. The van der Waals surface area contributed by atoms with Gasteiger partial charge in [0.25, 0.3) is 0 Å². The first-order chi connectivity index (χ1) is 11.7. The third-order valence-electron chi connectivity index (χ3n) is 3.44. The number of aromatic amines is 1. The number of H-pyrrole nitrogens is 1. The number of benzene rings is 2. The van der Waals surface area contributed by atoms with Crippen molar-refractivity contribution in [3.05, 3.63) is 63.3 Å². The maximum absolute atomic E-state index is 5.53. The van der Waals surface area contributed by atoms with Crippen LogP contribution in [0.2, 0.25) is 0 Å². The normalized spacial score (nSPS) is 10.6. The summed E-state index contributed by atoms with van der Waals surface area (Å²) in [5.74, 6) is 1.59. The molecule has 0 radical (unpaired) electrons. The van der Waals surface area contributed by atoms with Crippen molar-refractivity contribution in [1.82, 2.24) is 14.9 Å². The molecular formula is C17H17BrN4OS. The summed E-state index contributed by atoms with van der Waals surface area (Å²) in [6.07, 6.45) is 0. The van der Waals surface area contributed by atoms with E-state index in [2.05, 4.69) is 31.6 Å². The summed E-state index contributed by atoms with van der Waals surface area (Å²) in [7, 11) is 0. The highest BCUT2D eigenvalue weighted by atomic mass is 79.9. The molecule has 0 spiro atoms. The van der Waals surface area contributed by atoms with Gasteiger partial charge in [-0.3, -0.25) is 0 Å². The van der Waals surface area contributed by atoms with E-state index in [1.54, 1.807) is 4.68 Å². The van der Waals surface area contributed by atoms with Crippen LogP contribution in [0.5, 0.6) is 5.75 Å². The van der Waals surface area contributed by atoms with Crippen LogP contribution in [0, 0.1) is 4.77 Å². The van der Waals surface area contributed by atoms with Gasteiger partial charge >= 0.3 is 0 Å². The van der Waals surface area contributed by atoms with Gasteiger partial charge in [0.2, 0.25) is 4.77 Å². The Kier molecular flexibility index (Phi) is 5.32. The molecule has 0 aliphatic carbocycles. The lowest BCUT2D eigenvalue weighted by atomic mass is 10.2. The van der Waals surface area contributed by atoms with E-state index in [-0.39, 0.29) is 0 Å². The molecule has 0 fully saturated rings. The topological polar surface area (TPSA) is 54.9 Å². The molecule has 0 bridgehead atoms. The second-order valence-corrected chi connectivity index (χ2v) is 6.33. The van der Waals surface area contributed by atoms with E-state index in [9.17, 15) is 0 Å². The van der Waals surface area contributed by atoms with Crippen molar-refractivity contribution in [3.8, 4) is 17.1 Å². The van der Waals surface area contributed by atoms with Crippen LogP contribution in [0.4, 0.5) is 0 Å². The van der Waals surface area contributed by atoms with E-state index in [0.717, 1.165) is 27.2 Å². The fourth-order valence-corrected chi connectivity index (χ4v) is 3.06. The minimum Gasteiger partial charge on any atom is -0.493 e. The Bertz CT molecular complexity index is 876. The van der Waals surface area contributed by atoms with Crippen LogP contribution in [0.15, 0.2) is 53.0 Å². The van der Waals surface area contributed by atoms with Gasteiger partial charge in [-0.15, -0.1) is 0 Å². The average molecular weight is 405 g/mol. The summed E-state index contributed by atoms with van der Waals surface area (Å²) in [6, 6.07) is 15.9. The van der Waals surface area contributed by atoms with Crippen LogP contribution in [0.3, 0.4) is 0 Å². The molecule has 0 saturated heterocycles. The fraction of sp³-hybridized carbons (Fsp3) is 0.176. The summed E-state index contributed by atoms with van der Waals surface area (Å²) >= 11 is 8.86. The molecule has 2 N–H and O–H groups in total. The third kappa shape index (κ3) is 3.68. The number of ether oxygens (including phenoxy) is 1. The van der Waals surface area contributed by atoms with Gasteiger partial charge in [-0.2, -0.15) is 5.10 Å². The molecule has 0 saturated carbocycles. The van der Waals surface area contributed by atoms with Crippen molar-refractivity contribution in [1.29, 1.82) is 0 Å². The van der Waals surface area contributed by atoms with Crippen LogP contribution in [-0.4, -0.2) is 21.5 Å². The zero-order chi connectivity index (χ0) is 16.9. The molecule has 1 aromatic heterocycles. The Balaban J connectivity index is 1.79. The molecular weight excluding hydrogens is 388 g/mol. The van der Waals surface area contributed by atoms with Gasteiger partial charge in [-0.05, 0) is 52.8 Å². The molecule has 3 aromatic rings. The highest BCUT2D eigenvalue weighted by Gasteiger charge is 2.09. The Morgan fingerprint density at radius 3 is 2.75 bits per heavy atom. The van der Waals surface area contributed by atoms with E-state index in [1.807, 2.05) is 55.5 Å². The lowest BCUT2D eigenvalue weighted by molar-refractivity contribution is 0.338. The zero-order valence-corrected chi connectivity index (χ0v) is 15.5. The predicted octanol–water partition coefficient (Wildman–Crippen LogP) is 4.51. The van der Waals surface area contributed by atoms with Gasteiger partial charge < -0.3 is 10.2 Å². The molecule has 124 valence electrons. The number of aromatic nitrogens is 3. The molecule has 7 heteroatoms. The average Bonchev–Trinajstić information content (AvgIpc) is 2.97. The number of rotatable bonds is 6. The van der Waals surface area contributed by atoms with Crippen molar-refractivity contribution < 1.29 is 4.74 Å². The van der Waals surface area contributed by atoms with Gasteiger partial charge in [-0.1, -0.05) is 36.4 Å². The Hall–Kier alpha value is -2.12. The quantitative estimate of drug-likeness (QED) is 0.593. The summed E-state index contributed by atoms with van der Waals surface area (Å²) in [5, 5.41) is 7.14. The molecule has 0 aliphatic heterocycles. The first-order valence-corrected chi connectivity index (χ1v) is 8.77. The minimum absolute atomic E-state index is 0.527. The van der Waals surface area contributed by atoms with Gasteiger partial charge in [0.15, 0.2) is 5.82 Å². The van der Waals surface area contributed by atoms with Gasteiger partial charge in [0.1, 0.15) is 5.75 Å². The summed E-state index contributed by atoms with van der Waals surface area (Å²) in [6.45, 7) is 3.22. The fourth-order valence-electron chi connectivity index (χ4n) is 2.32. The first kappa shape index (κ1) is 16.7. The monoisotopic (exact) mass is 404 g/mol. The maximum atomic E-state index is 5.53. The molecule has 1 heterocycles. The molecule has 0 atom stereocenters. The van der Waals surface area contributed by atoms with E-state index in [1.165, 1.54) is 0 Å². The Labute approximate surface area is 153 Å². The molecule has 5 nitrogen and oxygen atoms in total. The highest BCUT2D eigenvalue weighted by molar-refractivity contribution is 9.10. The van der Waals surface area contributed by atoms with Crippen molar-refractivity contribution in [2.24, 2.45) is 0 Å². The standard InChI is InChI=1S/C17H17BrN4OS/c1-2-23-15-9-8-12(10-14(15)18)11-19-22-16(20-21-17(22)24)13-6-4-3-5-7-13/h3-10,19H,2,11H2,1H3,(H,21,24). The Morgan fingerprint density at radius 2 is 2.04 bits per heavy atom. The first-order valence-electron chi connectivity index (χ1n) is 7.57. The van der Waals surface area contributed by atoms with Crippen LogP contribution in [0.1, 0.15) is 12.5 Å².